The van der Waals surface area contributed by atoms with E-state index in [1.165, 1.54) is 12.1 Å². The Hall–Kier alpha value is -3.24. The average Bonchev–Trinajstić information content (AvgIpc) is 3.36. The summed E-state index contributed by atoms with van der Waals surface area (Å²) in [6, 6.07) is 23.0. The van der Waals surface area contributed by atoms with E-state index in [4.69, 9.17) is 5.14 Å². The number of nitrogens with one attached hydrogen (secondary N) is 1. The molecular formula is C32H24F4N3NaO4S3. The zero-order valence-corrected chi connectivity index (χ0v) is 29.3. The molecule has 15 heteroatoms. The van der Waals surface area contributed by atoms with Gasteiger partial charge in [-0.25, -0.2) is 22.9 Å². The van der Waals surface area contributed by atoms with E-state index in [-0.39, 0.29) is 46.8 Å². The predicted molar refractivity (Wildman–Crippen MR) is 173 cm³/mol. The van der Waals surface area contributed by atoms with Gasteiger partial charge < -0.3 is 10.1 Å². The normalized spacial score (nSPS) is 14.6. The number of halogens is 4. The Balaban J connectivity index is 0.000000338. The number of thioether (sulfide) groups is 2. The van der Waals surface area contributed by atoms with Crippen LogP contribution in [0.3, 0.4) is 0 Å². The van der Waals surface area contributed by atoms with Crippen molar-refractivity contribution in [3.8, 4) is 11.1 Å². The van der Waals surface area contributed by atoms with Crippen LogP contribution in [-0.4, -0.2) is 32.0 Å². The van der Waals surface area contributed by atoms with Crippen LogP contribution in [0.4, 0.5) is 23.2 Å². The van der Waals surface area contributed by atoms with Gasteiger partial charge in [-0.1, -0.05) is 42.0 Å². The number of alkyl halides is 3. The largest absolute Gasteiger partial charge is 1.00 e. The van der Waals surface area contributed by atoms with Crippen LogP contribution >= 0.6 is 23.5 Å². The number of hydrogen-bond acceptors (Lipinski definition) is 7. The maximum atomic E-state index is 14.8. The molecule has 4 aromatic carbocycles. The molecule has 1 aliphatic rings. The number of hydrogen-bond donors (Lipinski definition) is 2. The molecule has 47 heavy (non-hydrogen) atoms. The molecule has 1 heterocycles. The van der Waals surface area contributed by atoms with Crippen LogP contribution in [0.25, 0.3) is 17.2 Å². The number of primary sulfonamides is 1. The van der Waals surface area contributed by atoms with Crippen molar-refractivity contribution in [3.05, 3.63) is 118 Å². The second-order valence-electron chi connectivity index (χ2n) is 9.50. The first-order chi connectivity index (χ1) is 21.8. The summed E-state index contributed by atoms with van der Waals surface area (Å²) in [5, 5.41) is 7.82. The Bertz CT molecular complexity index is 1900. The van der Waals surface area contributed by atoms with Gasteiger partial charge in [-0.3, -0.25) is 11.1 Å². The number of carbonyl (C=O) groups excluding carboxylic acids is 2. The third-order valence-electron chi connectivity index (χ3n) is 6.31. The molecule has 5 rings (SSSR count). The van der Waals surface area contributed by atoms with Gasteiger partial charge in [-0.05, 0) is 89.8 Å². The first-order valence-corrected chi connectivity index (χ1v) is 16.7. The SMILES string of the molecule is CSc1ccc(-c2ccc(C=C3SC(=Nc4ccc(C[C-]=O)cc4)NC3=O)c(F)c2)cc1.NS(=O)(=O)c1ccc(C(F)(F)F)cc1.[Na+]. The number of aliphatic imine (C=N–C) groups is 1. The molecule has 4 aromatic rings. The van der Waals surface area contributed by atoms with Crippen molar-refractivity contribution in [1.29, 1.82) is 0 Å². The van der Waals surface area contributed by atoms with Crippen molar-refractivity contribution in [1.82, 2.24) is 5.32 Å². The molecule has 0 aromatic heterocycles. The molecule has 0 atom stereocenters. The fraction of sp³-hybridized carbons (Fsp3) is 0.0938. The summed E-state index contributed by atoms with van der Waals surface area (Å²) >= 11 is 2.81. The average molecular weight is 710 g/mol. The Morgan fingerprint density at radius 2 is 1.57 bits per heavy atom. The zero-order chi connectivity index (χ0) is 33.5. The maximum Gasteiger partial charge on any atom is 1.00 e. The van der Waals surface area contributed by atoms with E-state index in [0.29, 0.717) is 33.5 Å². The van der Waals surface area contributed by atoms with E-state index in [1.807, 2.05) is 42.9 Å². The molecule has 0 bridgehead atoms. The molecule has 0 spiro atoms. The van der Waals surface area contributed by atoms with Crippen molar-refractivity contribution in [2.45, 2.75) is 22.4 Å². The minimum atomic E-state index is -4.48. The first kappa shape index (κ1) is 38.2. The van der Waals surface area contributed by atoms with Crippen molar-refractivity contribution in [3.63, 3.8) is 0 Å². The third kappa shape index (κ3) is 10.9. The summed E-state index contributed by atoms with van der Waals surface area (Å²) in [6.07, 6.45) is 1.13. The number of benzene rings is 4. The Morgan fingerprint density at radius 3 is 2.11 bits per heavy atom. The van der Waals surface area contributed by atoms with Gasteiger partial charge in [0.1, 0.15) is 5.82 Å². The summed E-state index contributed by atoms with van der Waals surface area (Å²) in [7, 11) is -3.93. The topological polar surface area (TPSA) is 119 Å². The minimum Gasteiger partial charge on any atom is -0.541 e. The van der Waals surface area contributed by atoms with E-state index in [0.717, 1.165) is 45.5 Å². The number of nitrogens with two attached hydrogens (primary N) is 1. The predicted octanol–water partition coefficient (Wildman–Crippen LogP) is 4.12. The summed E-state index contributed by atoms with van der Waals surface area (Å²) in [4.78, 5) is 28.4. The summed E-state index contributed by atoms with van der Waals surface area (Å²) in [5.74, 6) is -0.720. The molecule has 1 aliphatic heterocycles. The molecular weight excluding hydrogens is 686 g/mol. The molecule has 1 fully saturated rings. The molecule has 0 saturated carbocycles. The standard InChI is InChI=1S/C25H18FN2O2S2.C7H6F3NO2S.Na/c1-31-21-10-6-17(7-11-21)18-4-5-19(22(26)14-18)15-23-24(30)28-25(32-23)27-20-8-2-16(3-9-20)12-13-29;8-7(9,10)5-1-3-6(4-2-5)14(11,12)13;/h2-11,14-15H,12H2,1H3,(H,27,28,30);1-4H,(H2,11,12,13);/q-1;;+1. The maximum absolute atomic E-state index is 14.8. The molecule has 3 N–H and O–H groups in total. The number of rotatable bonds is 7. The molecule has 238 valence electrons. The monoisotopic (exact) mass is 709 g/mol. The molecule has 1 amide bonds. The van der Waals surface area contributed by atoms with Crippen LogP contribution in [0.15, 0.2) is 111 Å². The Morgan fingerprint density at radius 1 is 0.957 bits per heavy atom. The molecule has 0 radical (unpaired) electrons. The third-order valence-corrected chi connectivity index (χ3v) is 8.90. The molecule has 7 nitrogen and oxygen atoms in total. The quantitative estimate of drug-likeness (QED) is 0.0981. The van der Waals surface area contributed by atoms with Gasteiger partial charge in [0.05, 0.1) is 21.1 Å². The van der Waals surface area contributed by atoms with Gasteiger partial charge in [-0.15, -0.1) is 18.2 Å². The summed E-state index contributed by atoms with van der Waals surface area (Å²) in [6.45, 7) is 0. The van der Waals surface area contributed by atoms with Crippen molar-refractivity contribution < 1.29 is 65.1 Å². The van der Waals surface area contributed by atoms with E-state index >= 15 is 0 Å². The zero-order valence-electron chi connectivity index (χ0n) is 24.8. The van der Waals surface area contributed by atoms with Crippen LogP contribution in [0.2, 0.25) is 0 Å². The molecule has 1 saturated heterocycles. The smallest absolute Gasteiger partial charge is 0.541 e. The van der Waals surface area contributed by atoms with Crippen LogP contribution < -0.4 is 40.0 Å². The fourth-order valence-corrected chi connectivity index (χ4v) is 5.71. The van der Waals surface area contributed by atoms with Gasteiger partial charge >= 0.3 is 35.7 Å². The Kier molecular flexibility index (Phi) is 13.6. The fourth-order valence-electron chi connectivity index (χ4n) is 3.95. The van der Waals surface area contributed by atoms with Gasteiger partial charge in [0.15, 0.2) is 5.17 Å². The molecule has 0 unspecified atom stereocenters. The van der Waals surface area contributed by atoms with E-state index < -0.39 is 27.6 Å². The minimum absolute atomic E-state index is 0. The van der Waals surface area contributed by atoms with Crippen molar-refractivity contribution in [2.24, 2.45) is 10.1 Å². The van der Waals surface area contributed by atoms with Crippen LogP contribution in [0.5, 0.6) is 0 Å². The van der Waals surface area contributed by atoms with E-state index in [1.54, 1.807) is 42.1 Å². The van der Waals surface area contributed by atoms with Crippen LogP contribution in [0.1, 0.15) is 16.7 Å². The number of amides is 1. The second kappa shape index (κ2) is 16.7. The Labute approximate surface area is 299 Å². The number of sulfonamides is 1. The van der Waals surface area contributed by atoms with Gasteiger partial charge in [-0.2, -0.15) is 13.2 Å². The van der Waals surface area contributed by atoms with Crippen molar-refractivity contribution in [2.75, 3.05) is 6.26 Å². The van der Waals surface area contributed by atoms with Gasteiger partial charge in [0.25, 0.3) is 5.91 Å². The number of amidine groups is 1. The van der Waals surface area contributed by atoms with E-state index in [2.05, 4.69) is 10.3 Å². The first-order valence-electron chi connectivity index (χ1n) is 13.1. The number of nitrogens with zero attached hydrogens (tertiary/aromatic N) is 1. The number of carbonyl (C=O) groups is 1. The second-order valence-corrected chi connectivity index (χ2v) is 13.0. The summed E-state index contributed by atoms with van der Waals surface area (Å²) < 4.78 is 72.2. The molecule has 0 aliphatic carbocycles. The van der Waals surface area contributed by atoms with Crippen LogP contribution in [-0.2, 0) is 32.2 Å². The van der Waals surface area contributed by atoms with Gasteiger partial charge in [0.2, 0.25) is 10.0 Å². The van der Waals surface area contributed by atoms with Crippen LogP contribution in [0, 0.1) is 5.82 Å². The van der Waals surface area contributed by atoms with Crippen molar-refractivity contribution >= 4 is 62.7 Å². The summed E-state index contributed by atoms with van der Waals surface area (Å²) in [5.41, 5.74) is 2.62. The van der Waals surface area contributed by atoms with Gasteiger partial charge in [0, 0.05) is 10.5 Å². The van der Waals surface area contributed by atoms with E-state index in [9.17, 15) is 35.6 Å².